The van der Waals surface area contributed by atoms with Crippen molar-refractivity contribution in [1.29, 1.82) is 0 Å². The number of esters is 1. The Balaban J connectivity index is 2.98. The third-order valence-electron chi connectivity index (χ3n) is 1.65. The molecule has 1 aliphatic rings. The number of rotatable bonds is 4. The van der Waals surface area contributed by atoms with E-state index in [0.717, 1.165) is 0 Å². The van der Waals surface area contributed by atoms with Gasteiger partial charge in [-0.3, -0.25) is 4.55 Å². The van der Waals surface area contributed by atoms with E-state index in [1.54, 1.807) is 0 Å². The average Bonchev–Trinajstić information content (AvgIpc) is 2.42. The van der Waals surface area contributed by atoms with Crippen LogP contribution in [0.5, 0.6) is 0 Å². The van der Waals surface area contributed by atoms with E-state index >= 15 is 0 Å². The van der Waals surface area contributed by atoms with Gasteiger partial charge in [0.2, 0.25) is 0 Å². The van der Waals surface area contributed by atoms with Crippen LogP contribution in [0, 0.1) is 0 Å². The van der Waals surface area contributed by atoms with Crippen LogP contribution in [0.1, 0.15) is 0 Å². The van der Waals surface area contributed by atoms with Gasteiger partial charge in [-0.25, -0.2) is 4.79 Å². The molecule has 0 aromatic heterocycles. The third kappa shape index (κ3) is 2.61. The minimum atomic E-state index is -4.99. The Morgan fingerprint density at radius 3 is 2.50 bits per heavy atom. The van der Waals surface area contributed by atoms with Gasteiger partial charge in [0.25, 0.3) is 5.76 Å². The number of cyclic esters (lactones) is 1. The number of aliphatic hydroxyl groups excluding tert-OH is 3. The van der Waals surface area contributed by atoms with Gasteiger partial charge in [-0.1, -0.05) is 0 Å². The number of hydrogen-bond acceptors (Lipinski definition) is 8. The van der Waals surface area contributed by atoms with Gasteiger partial charge in [0, 0.05) is 0 Å². The summed E-state index contributed by atoms with van der Waals surface area (Å²) in [7, 11) is -4.99. The van der Waals surface area contributed by atoms with Crippen LogP contribution < -0.4 is 0 Å². The molecule has 4 N–H and O–H groups in total. The molecule has 2 unspecified atom stereocenters. The highest BCUT2D eigenvalue weighted by atomic mass is 32.3. The van der Waals surface area contributed by atoms with Crippen molar-refractivity contribution in [3.8, 4) is 0 Å². The lowest BCUT2D eigenvalue weighted by Gasteiger charge is -2.13. The summed E-state index contributed by atoms with van der Waals surface area (Å²) in [6.45, 7) is -0.832. The van der Waals surface area contributed by atoms with E-state index in [9.17, 15) is 18.3 Å². The molecule has 0 aromatic rings. The van der Waals surface area contributed by atoms with Crippen LogP contribution in [-0.4, -0.2) is 53.1 Å². The summed E-state index contributed by atoms with van der Waals surface area (Å²) in [5, 5.41) is 26.9. The van der Waals surface area contributed by atoms with Crippen molar-refractivity contribution in [3.05, 3.63) is 11.5 Å². The Kier molecular flexibility index (Phi) is 3.38. The highest BCUT2D eigenvalue weighted by molar-refractivity contribution is 7.81. The molecule has 0 aromatic carbocycles. The highest BCUT2D eigenvalue weighted by Gasteiger charge is 2.42. The molecule has 1 aliphatic heterocycles. The van der Waals surface area contributed by atoms with Crippen LogP contribution >= 0.6 is 0 Å². The fourth-order valence-corrected chi connectivity index (χ4v) is 1.36. The van der Waals surface area contributed by atoms with E-state index in [2.05, 4.69) is 8.92 Å². The third-order valence-corrected chi connectivity index (χ3v) is 2.02. The quantitative estimate of drug-likeness (QED) is 0.326. The Hall–Kier alpha value is -1.36. The summed E-state index contributed by atoms with van der Waals surface area (Å²) in [6, 6.07) is 0. The highest BCUT2D eigenvalue weighted by Crippen LogP contribution is 2.24. The molecular weight excluding hydrogens is 248 g/mol. The van der Waals surface area contributed by atoms with Gasteiger partial charge in [-0.05, 0) is 0 Å². The molecule has 16 heavy (non-hydrogen) atoms. The van der Waals surface area contributed by atoms with Gasteiger partial charge in [0.1, 0.15) is 6.10 Å². The molecule has 92 valence electrons. The summed E-state index contributed by atoms with van der Waals surface area (Å²) >= 11 is 0. The van der Waals surface area contributed by atoms with Crippen molar-refractivity contribution in [3.63, 3.8) is 0 Å². The zero-order valence-electron chi connectivity index (χ0n) is 7.60. The van der Waals surface area contributed by atoms with Crippen LogP contribution in [0.3, 0.4) is 0 Å². The van der Waals surface area contributed by atoms with Crippen molar-refractivity contribution < 1.29 is 42.0 Å². The topological polar surface area (TPSA) is 151 Å². The number of carbonyl (C=O) groups excluding carboxylic acids is 1. The smallest absolute Gasteiger partial charge is 0.446 e. The number of ether oxygens (including phenoxy) is 1. The predicted molar refractivity (Wildman–Crippen MR) is 45.3 cm³/mol. The first-order valence-corrected chi connectivity index (χ1v) is 5.22. The Bertz CT molecular complexity index is 421. The fourth-order valence-electron chi connectivity index (χ4n) is 0.997. The zero-order chi connectivity index (χ0) is 12.5. The Morgan fingerprint density at radius 1 is 1.50 bits per heavy atom. The van der Waals surface area contributed by atoms with Crippen LogP contribution in [0.4, 0.5) is 0 Å². The molecule has 0 amide bonds. The summed E-state index contributed by atoms with van der Waals surface area (Å²) < 4.78 is 36.9. The molecule has 0 saturated carbocycles. The number of hydrogen-bond donors (Lipinski definition) is 4. The molecule has 2 atom stereocenters. The molecule has 9 nitrogen and oxygen atoms in total. The molecule has 0 bridgehead atoms. The number of aliphatic hydroxyl groups is 3. The largest absolute Gasteiger partial charge is 0.505 e. The lowest BCUT2D eigenvalue weighted by atomic mass is 10.2. The first-order chi connectivity index (χ1) is 7.26. The van der Waals surface area contributed by atoms with Gasteiger partial charge >= 0.3 is 16.4 Å². The standard InChI is InChI=1S/C6H8O9S/c7-1-2(8)4-3(9)5(6(10)14-4)15-16(11,12)13/h2,4,7-9H,1H2,(H,11,12,13). The second-order valence-electron chi connectivity index (χ2n) is 2.80. The zero-order valence-corrected chi connectivity index (χ0v) is 8.42. The van der Waals surface area contributed by atoms with Crippen LogP contribution in [-0.2, 0) is 24.1 Å². The minimum Gasteiger partial charge on any atom is -0.505 e. The SMILES string of the molecule is O=C1OC(C(O)CO)C(O)=C1OS(=O)(=O)O. The monoisotopic (exact) mass is 256 g/mol. The molecule has 10 heteroatoms. The number of carbonyl (C=O) groups is 1. The van der Waals surface area contributed by atoms with E-state index in [-0.39, 0.29) is 0 Å². The van der Waals surface area contributed by atoms with Crippen LogP contribution in [0.25, 0.3) is 0 Å². The maximum absolute atomic E-state index is 11.0. The van der Waals surface area contributed by atoms with Crippen LogP contribution in [0.2, 0.25) is 0 Å². The van der Waals surface area contributed by atoms with E-state index in [4.69, 9.17) is 14.8 Å². The van der Waals surface area contributed by atoms with Crippen molar-refractivity contribution >= 4 is 16.4 Å². The van der Waals surface area contributed by atoms with Gasteiger partial charge in [-0.15, -0.1) is 0 Å². The molecular formula is C6H8O9S. The van der Waals surface area contributed by atoms with Crippen molar-refractivity contribution in [2.75, 3.05) is 6.61 Å². The molecule has 0 aliphatic carbocycles. The first-order valence-electron chi connectivity index (χ1n) is 3.86. The van der Waals surface area contributed by atoms with E-state index in [1.165, 1.54) is 0 Å². The van der Waals surface area contributed by atoms with E-state index in [1.807, 2.05) is 0 Å². The lowest BCUT2D eigenvalue weighted by Crippen LogP contribution is -2.31. The predicted octanol–water partition coefficient (Wildman–Crippen LogP) is -2.15. The van der Waals surface area contributed by atoms with E-state index < -0.39 is 46.7 Å². The molecule has 0 radical (unpaired) electrons. The summed E-state index contributed by atoms with van der Waals surface area (Å²) in [5.74, 6) is -3.56. The van der Waals surface area contributed by atoms with Gasteiger partial charge < -0.3 is 24.2 Å². The molecule has 0 saturated heterocycles. The Labute approximate surface area is 89.5 Å². The maximum atomic E-state index is 11.0. The molecule has 0 spiro atoms. The second-order valence-corrected chi connectivity index (χ2v) is 3.82. The summed E-state index contributed by atoms with van der Waals surface area (Å²) in [6.07, 6.45) is -3.26. The fraction of sp³-hybridized carbons (Fsp3) is 0.500. The van der Waals surface area contributed by atoms with Crippen molar-refractivity contribution in [2.45, 2.75) is 12.2 Å². The Morgan fingerprint density at radius 2 is 2.06 bits per heavy atom. The lowest BCUT2D eigenvalue weighted by molar-refractivity contribution is -0.147. The normalized spacial score (nSPS) is 23.2. The first kappa shape index (κ1) is 12.7. The van der Waals surface area contributed by atoms with Crippen LogP contribution in [0.15, 0.2) is 11.5 Å². The summed E-state index contributed by atoms with van der Waals surface area (Å²) in [4.78, 5) is 11.0. The minimum absolute atomic E-state index is 0.832. The average molecular weight is 256 g/mol. The maximum Gasteiger partial charge on any atom is 0.446 e. The summed E-state index contributed by atoms with van der Waals surface area (Å²) in [5.41, 5.74) is 0. The molecule has 0 fully saturated rings. The molecule has 1 rings (SSSR count). The van der Waals surface area contributed by atoms with Crippen molar-refractivity contribution in [2.24, 2.45) is 0 Å². The second kappa shape index (κ2) is 4.25. The van der Waals surface area contributed by atoms with Gasteiger partial charge in [-0.2, -0.15) is 8.42 Å². The van der Waals surface area contributed by atoms with E-state index in [0.29, 0.717) is 0 Å². The van der Waals surface area contributed by atoms with Crippen molar-refractivity contribution in [1.82, 2.24) is 0 Å². The van der Waals surface area contributed by atoms with Gasteiger partial charge in [0.15, 0.2) is 11.9 Å². The van der Waals surface area contributed by atoms with Gasteiger partial charge in [0.05, 0.1) is 6.61 Å². The molecule has 1 heterocycles.